The Morgan fingerprint density at radius 2 is 1.74 bits per heavy atom. The van der Waals surface area contributed by atoms with E-state index in [9.17, 15) is 4.79 Å². The molecule has 2 N–H and O–H groups in total. The number of hydrogen-bond acceptors (Lipinski definition) is 3. The molecular weight excluding hydrogens is 388 g/mol. The van der Waals surface area contributed by atoms with E-state index in [1.807, 2.05) is 18.2 Å². The first kappa shape index (κ1) is 21.3. The monoisotopic (exact) mass is 420 g/mol. The zero-order valence-electron chi connectivity index (χ0n) is 18.5. The van der Waals surface area contributed by atoms with Crippen molar-refractivity contribution in [2.45, 2.75) is 51.0 Å². The number of primary amides is 1. The van der Waals surface area contributed by atoms with E-state index in [1.165, 1.54) is 43.0 Å². The van der Waals surface area contributed by atoms with Crippen molar-refractivity contribution in [3.63, 3.8) is 0 Å². The maximum Gasteiger partial charge on any atom is 0.218 e. The summed E-state index contributed by atoms with van der Waals surface area (Å²) in [6.07, 6.45) is 9.05. The second-order valence-electron chi connectivity index (χ2n) is 8.63. The molecule has 1 saturated carbocycles. The first-order chi connectivity index (χ1) is 15.1. The van der Waals surface area contributed by atoms with E-state index in [-0.39, 0.29) is 18.2 Å². The van der Waals surface area contributed by atoms with E-state index >= 15 is 0 Å². The zero-order valence-corrected chi connectivity index (χ0v) is 18.5. The second-order valence-corrected chi connectivity index (χ2v) is 8.63. The van der Waals surface area contributed by atoms with Crippen molar-refractivity contribution in [2.24, 2.45) is 11.7 Å². The van der Waals surface area contributed by atoms with E-state index in [0.717, 1.165) is 17.7 Å². The summed E-state index contributed by atoms with van der Waals surface area (Å²) >= 11 is 0. The van der Waals surface area contributed by atoms with Gasteiger partial charge in [-0.1, -0.05) is 37.5 Å². The lowest BCUT2D eigenvalue weighted by atomic mass is 9.87. The van der Waals surface area contributed by atoms with Crippen LogP contribution in [-0.4, -0.2) is 24.7 Å². The molecule has 4 rings (SSSR count). The van der Waals surface area contributed by atoms with Gasteiger partial charge < -0.3 is 19.8 Å². The van der Waals surface area contributed by atoms with Crippen molar-refractivity contribution in [1.82, 2.24) is 4.57 Å². The number of carbonyl (C=O) groups is 1. The van der Waals surface area contributed by atoms with Crippen LogP contribution in [0.1, 0.15) is 55.6 Å². The molecule has 1 unspecified atom stereocenters. The molecule has 5 heteroatoms. The van der Waals surface area contributed by atoms with Crippen LogP contribution in [0, 0.1) is 5.92 Å². The number of hydrogen-bond donors (Lipinski definition) is 1. The average Bonchev–Trinajstić information content (AvgIpc) is 3.15. The third-order valence-electron chi connectivity index (χ3n) is 6.56. The average molecular weight is 421 g/mol. The Kier molecular flexibility index (Phi) is 6.50. The first-order valence-electron chi connectivity index (χ1n) is 11.2. The Balaban J connectivity index is 1.80. The molecule has 5 nitrogen and oxygen atoms in total. The minimum absolute atomic E-state index is 0.168. The van der Waals surface area contributed by atoms with E-state index < -0.39 is 0 Å². The van der Waals surface area contributed by atoms with Crippen LogP contribution in [0.15, 0.2) is 48.7 Å². The third kappa shape index (κ3) is 4.71. The minimum Gasteiger partial charge on any atom is -0.497 e. The van der Waals surface area contributed by atoms with Gasteiger partial charge in [-0.3, -0.25) is 4.79 Å². The van der Waals surface area contributed by atoms with Crippen molar-refractivity contribution in [3.05, 3.63) is 59.8 Å². The summed E-state index contributed by atoms with van der Waals surface area (Å²) in [5, 5.41) is 1.17. The molecule has 31 heavy (non-hydrogen) atoms. The van der Waals surface area contributed by atoms with Crippen LogP contribution < -0.4 is 15.2 Å². The molecule has 0 bridgehead atoms. The minimum atomic E-state index is -0.323. The van der Waals surface area contributed by atoms with Crippen molar-refractivity contribution < 1.29 is 14.3 Å². The van der Waals surface area contributed by atoms with Crippen molar-refractivity contribution in [3.8, 4) is 11.5 Å². The van der Waals surface area contributed by atoms with Gasteiger partial charge in [-0.2, -0.15) is 0 Å². The molecule has 1 amide bonds. The fraction of sp³-hybridized carbons (Fsp3) is 0.423. The highest BCUT2D eigenvalue weighted by Crippen LogP contribution is 2.38. The van der Waals surface area contributed by atoms with E-state index in [4.69, 9.17) is 15.2 Å². The van der Waals surface area contributed by atoms with E-state index in [2.05, 4.69) is 35.0 Å². The maximum absolute atomic E-state index is 12.1. The molecule has 0 aliphatic heterocycles. The predicted molar refractivity (Wildman–Crippen MR) is 124 cm³/mol. The van der Waals surface area contributed by atoms with Crippen molar-refractivity contribution >= 4 is 16.8 Å². The molecule has 3 aromatic rings. The molecule has 1 aromatic heterocycles. The van der Waals surface area contributed by atoms with E-state index in [0.29, 0.717) is 17.4 Å². The van der Waals surface area contributed by atoms with Gasteiger partial charge in [0.2, 0.25) is 5.91 Å². The number of nitrogens with two attached hydrogens (primary N) is 1. The van der Waals surface area contributed by atoms with Crippen LogP contribution in [0.4, 0.5) is 0 Å². The molecule has 164 valence electrons. The van der Waals surface area contributed by atoms with Gasteiger partial charge in [0, 0.05) is 42.0 Å². The van der Waals surface area contributed by atoms with E-state index in [1.54, 1.807) is 14.2 Å². The van der Waals surface area contributed by atoms with Gasteiger partial charge in [0.1, 0.15) is 11.5 Å². The van der Waals surface area contributed by atoms with Crippen molar-refractivity contribution in [2.75, 3.05) is 14.2 Å². The number of methoxy groups -OCH3 is 2. The molecule has 0 saturated heterocycles. The normalized spacial score (nSPS) is 15.7. The quantitative estimate of drug-likeness (QED) is 0.541. The Labute approximate surface area is 184 Å². The highest BCUT2D eigenvalue weighted by atomic mass is 16.5. The summed E-state index contributed by atoms with van der Waals surface area (Å²) in [7, 11) is 3.27. The summed E-state index contributed by atoms with van der Waals surface area (Å²) in [4.78, 5) is 12.1. The fourth-order valence-electron chi connectivity index (χ4n) is 4.99. The van der Waals surface area contributed by atoms with Crippen LogP contribution in [0.2, 0.25) is 0 Å². The SMILES string of the molecule is COc1cc(OC)cc(C(CC(N)=O)c2cn(CC3CCCCC3)c3ccccc23)c1. The molecular formula is C26H32N2O3. The number of fused-ring (bicyclic) bond motifs is 1. The molecule has 1 atom stereocenters. The van der Waals surface area contributed by atoms with Crippen molar-refractivity contribution in [1.29, 1.82) is 0 Å². The van der Waals surface area contributed by atoms with Gasteiger partial charge in [0.15, 0.2) is 0 Å². The van der Waals surface area contributed by atoms with Crippen LogP contribution in [0.5, 0.6) is 11.5 Å². The smallest absolute Gasteiger partial charge is 0.218 e. The first-order valence-corrected chi connectivity index (χ1v) is 11.2. The van der Waals surface area contributed by atoms with Gasteiger partial charge in [0.05, 0.1) is 14.2 Å². The summed E-state index contributed by atoms with van der Waals surface area (Å²) < 4.78 is 13.3. The molecule has 1 aliphatic rings. The van der Waals surface area contributed by atoms with Gasteiger partial charge in [-0.25, -0.2) is 0 Å². The largest absolute Gasteiger partial charge is 0.497 e. The van der Waals surface area contributed by atoms with Crippen LogP contribution in [0.3, 0.4) is 0 Å². The summed E-state index contributed by atoms with van der Waals surface area (Å²) in [6, 6.07) is 14.3. The standard InChI is InChI=1S/C26H32N2O3/c1-30-20-12-19(13-21(14-20)31-2)23(15-26(27)29)24-17-28(16-18-8-4-3-5-9-18)25-11-7-6-10-22(24)25/h6-7,10-14,17-18,23H,3-5,8-9,15-16H2,1-2H3,(H2,27,29). The van der Waals surface area contributed by atoms with Gasteiger partial charge in [-0.05, 0) is 48.1 Å². The second kappa shape index (κ2) is 9.46. The predicted octanol–water partition coefficient (Wildman–Crippen LogP) is 5.25. The Morgan fingerprint density at radius 1 is 1.06 bits per heavy atom. The highest BCUT2D eigenvalue weighted by Gasteiger charge is 2.24. The van der Waals surface area contributed by atoms with Crippen LogP contribution in [0.25, 0.3) is 10.9 Å². The summed E-state index contributed by atoms with van der Waals surface area (Å²) in [5.74, 6) is 1.63. The number of para-hydroxylation sites is 1. The number of ether oxygens (including phenoxy) is 2. The van der Waals surface area contributed by atoms with Crippen LogP contribution in [-0.2, 0) is 11.3 Å². The molecule has 0 spiro atoms. The lowest BCUT2D eigenvalue weighted by molar-refractivity contribution is -0.118. The number of rotatable bonds is 8. The van der Waals surface area contributed by atoms with Gasteiger partial charge in [-0.15, -0.1) is 0 Å². The summed E-state index contributed by atoms with van der Waals surface area (Å²) in [5.41, 5.74) is 9.01. The lowest BCUT2D eigenvalue weighted by Crippen LogP contribution is -2.16. The van der Waals surface area contributed by atoms with Gasteiger partial charge in [0.25, 0.3) is 0 Å². The topological polar surface area (TPSA) is 66.5 Å². The highest BCUT2D eigenvalue weighted by molar-refractivity contribution is 5.86. The van der Waals surface area contributed by atoms with Crippen LogP contribution >= 0.6 is 0 Å². The number of nitrogens with zero attached hydrogens (tertiary/aromatic N) is 1. The Morgan fingerprint density at radius 3 is 2.39 bits per heavy atom. The Bertz CT molecular complexity index is 1030. The number of aromatic nitrogens is 1. The molecule has 2 aromatic carbocycles. The number of benzene rings is 2. The lowest BCUT2D eigenvalue weighted by Gasteiger charge is -2.22. The molecule has 1 heterocycles. The third-order valence-corrected chi connectivity index (χ3v) is 6.56. The number of carbonyl (C=O) groups excluding carboxylic acids is 1. The maximum atomic E-state index is 12.1. The number of amides is 1. The molecule has 1 fully saturated rings. The molecule has 1 aliphatic carbocycles. The zero-order chi connectivity index (χ0) is 21.8. The van der Waals surface area contributed by atoms with Gasteiger partial charge >= 0.3 is 0 Å². The fourth-order valence-corrected chi connectivity index (χ4v) is 4.99. The summed E-state index contributed by atoms with van der Waals surface area (Å²) in [6.45, 7) is 1.02. The molecule has 0 radical (unpaired) electrons. The Hall–Kier alpha value is -2.95.